The number of hydrogen-bond acceptors (Lipinski definition) is 5. The molecule has 0 aromatic heterocycles. The van der Waals surface area contributed by atoms with Gasteiger partial charge >= 0.3 is 0 Å². The minimum Gasteiger partial charge on any atom is -0.301 e. The summed E-state index contributed by atoms with van der Waals surface area (Å²) >= 11 is 1.66. The molecule has 1 aliphatic heterocycles. The lowest BCUT2D eigenvalue weighted by atomic mass is 10.2. The van der Waals surface area contributed by atoms with Crippen LogP contribution in [0.4, 0.5) is 0 Å². The largest absolute Gasteiger partial charge is 0.301 e. The van der Waals surface area contributed by atoms with Crippen LogP contribution in [0.3, 0.4) is 0 Å². The second-order valence-electron chi connectivity index (χ2n) is 6.21. The monoisotopic (exact) mass is 390 g/mol. The molecule has 0 radical (unpaired) electrons. The van der Waals surface area contributed by atoms with E-state index in [1.54, 1.807) is 30.0 Å². The topological polar surface area (TPSA) is 57.7 Å². The highest BCUT2D eigenvalue weighted by Gasteiger charge is 2.40. The van der Waals surface area contributed by atoms with E-state index in [4.69, 9.17) is 0 Å². The lowest BCUT2D eigenvalue weighted by Gasteiger charge is -2.17. The summed E-state index contributed by atoms with van der Waals surface area (Å²) in [6.45, 7) is 2.00. The van der Waals surface area contributed by atoms with Crippen LogP contribution in [-0.4, -0.2) is 55.2 Å². The van der Waals surface area contributed by atoms with Crippen molar-refractivity contribution in [3.8, 4) is 0 Å². The van der Waals surface area contributed by atoms with Crippen LogP contribution in [0.15, 0.2) is 59.5 Å². The van der Waals surface area contributed by atoms with Gasteiger partial charge in [-0.2, -0.15) is 11.8 Å². The summed E-state index contributed by atoms with van der Waals surface area (Å²) in [4.78, 5) is 14.7. The standard InChI is InChI=1S/C19H22N2O3S2/c1-20(15-16-7-3-2-4-8-16)11-13-25-14-12-21-19(22)17-9-5-6-10-18(17)26(21,23)24/h2-10H,11-15H2,1H3. The predicted molar refractivity (Wildman–Crippen MR) is 105 cm³/mol. The first kappa shape index (κ1) is 18.9. The van der Waals surface area contributed by atoms with E-state index in [0.717, 1.165) is 23.1 Å². The molecule has 0 spiro atoms. The van der Waals surface area contributed by atoms with E-state index < -0.39 is 15.9 Å². The molecular weight excluding hydrogens is 368 g/mol. The first-order valence-electron chi connectivity index (χ1n) is 8.46. The second-order valence-corrected chi connectivity index (χ2v) is 9.27. The zero-order valence-corrected chi connectivity index (χ0v) is 16.3. The fourth-order valence-electron chi connectivity index (χ4n) is 2.90. The molecular formula is C19H22N2O3S2. The van der Waals surface area contributed by atoms with E-state index in [9.17, 15) is 13.2 Å². The van der Waals surface area contributed by atoms with Gasteiger partial charge in [0, 0.05) is 31.1 Å². The molecule has 0 saturated heterocycles. The Morgan fingerprint density at radius 2 is 1.69 bits per heavy atom. The summed E-state index contributed by atoms with van der Waals surface area (Å²) in [6, 6.07) is 16.7. The van der Waals surface area contributed by atoms with Gasteiger partial charge in [-0.05, 0) is 24.7 Å². The number of carbonyl (C=O) groups is 1. The van der Waals surface area contributed by atoms with Crippen LogP contribution >= 0.6 is 11.8 Å². The minimum atomic E-state index is -3.68. The Labute approximate surface area is 159 Å². The SMILES string of the molecule is CN(CCSCCN1C(=O)c2ccccc2S1(=O)=O)Cc1ccccc1. The molecule has 5 nitrogen and oxygen atoms in total. The Hall–Kier alpha value is -1.83. The summed E-state index contributed by atoms with van der Waals surface area (Å²) < 4.78 is 25.9. The molecule has 7 heteroatoms. The molecule has 0 unspecified atom stereocenters. The Morgan fingerprint density at radius 3 is 2.42 bits per heavy atom. The van der Waals surface area contributed by atoms with Crippen LogP contribution in [0.1, 0.15) is 15.9 Å². The van der Waals surface area contributed by atoms with Crippen LogP contribution in [0.25, 0.3) is 0 Å². The summed E-state index contributed by atoms with van der Waals surface area (Å²) in [5, 5.41) is 0. The molecule has 0 bridgehead atoms. The Balaban J connectivity index is 1.44. The van der Waals surface area contributed by atoms with Crippen molar-refractivity contribution in [3.05, 3.63) is 65.7 Å². The van der Waals surface area contributed by atoms with Gasteiger partial charge in [0.15, 0.2) is 0 Å². The van der Waals surface area contributed by atoms with E-state index in [2.05, 4.69) is 24.1 Å². The van der Waals surface area contributed by atoms with Gasteiger partial charge < -0.3 is 4.90 Å². The number of fused-ring (bicyclic) bond motifs is 1. The summed E-state index contributed by atoms with van der Waals surface area (Å²) in [5.41, 5.74) is 1.55. The van der Waals surface area contributed by atoms with Gasteiger partial charge in [-0.3, -0.25) is 4.79 Å². The number of thioether (sulfide) groups is 1. The molecule has 1 heterocycles. The Kier molecular flexibility index (Phi) is 6.01. The van der Waals surface area contributed by atoms with Crippen molar-refractivity contribution >= 4 is 27.7 Å². The number of amides is 1. The third kappa shape index (κ3) is 4.11. The second kappa shape index (κ2) is 8.24. The molecule has 1 aliphatic rings. The molecule has 0 N–H and O–H groups in total. The average Bonchev–Trinajstić information content (AvgIpc) is 2.83. The van der Waals surface area contributed by atoms with Gasteiger partial charge in [0.2, 0.25) is 0 Å². The fourth-order valence-corrected chi connectivity index (χ4v) is 5.54. The first-order valence-corrected chi connectivity index (χ1v) is 11.1. The highest BCUT2D eigenvalue weighted by Crippen LogP contribution is 2.29. The van der Waals surface area contributed by atoms with Crippen molar-refractivity contribution in [1.82, 2.24) is 9.21 Å². The van der Waals surface area contributed by atoms with Gasteiger partial charge in [0.25, 0.3) is 15.9 Å². The van der Waals surface area contributed by atoms with Gasteiger partial charge in [0.1, 0.15) is 4.90 Å². The summed E-state index contributed by atoms with van der Waals surface area (Å²) in [7, 11) is -1.61. The van der Waals surface area contributed by atoms with Gasteiger partial charge in [-0.1, -0.05) is 42.5 Å². The fraction of sp³-hybridized carbons (Fsp3) is 0.316. The molecule has 138 valence electrons. The maximum atomic E-state index is 12.5. The highest BCUT2D eigenvalue weighted by molar-refractivity contribution is 7.99. The van der Waals surface area contributed by atoms with Crippen molar-refractivity contribution in [2.45, 2.75) is 11.4 Å². The Morgan fingerprint density at radius 1 is 1.00 bits per heavy atom. The van der Waals surface area contributed by atoms with Crippen LogP contribution in [0.2, 0.25) is 0 Å². The zero-order chi connectivity index (χ0) is 18.6. The maximum absolute atomic E-state index is 12.5. The van der Waals surface area contributed by atoms with Crippen LogP contribution in [-0.2, 0) is 16.6 Å². The van der Waals surface area contributed by atoms with Crippen LogP contribution in [0, 0.1) is 0 Å². The van der Waals surface area contributed by atoms with Gasteiger partial charge in [-0.25, -0.2) is 12.7 Å². The quantitative estimate of drug-likeness (QED) is 0.649. The first-order chi connectivity index (χ1) is 12.5. The smallest absolute Gasteiger partial charge is 0.269 e. The number of carbonyl (C=O) groups excluding carboxylic acids is 1. The third-order valence-corrected chi connectivity index (χ3v) is 7.05. The molecule has 0 aliphatic carbocycles. The molecule has 1 amide bonds. The van der Waals surface area contributed by atoms with Crippen LogP contribution in [0.5, 0.6) is 0 Å². The Bertz CT molecular complexity index is 869. The van der Waals surface area contributed by atoms with Crippen molar-refractivity contribution < 1.29 is 13.2 Å². The molecule has 26 heavy (non-hydrogen) atoms. The number of sulfonamides is 1. The van der Waals surface area contributed by atoms with Crippen molar-refractivity contribution in [1.29, 1.82) is 0 Å². The number of benzene rings is 2. The van der Waals surface area contributed by atoms with Crippen molar-refractivity contribution in [2.24, 2.45) is 0 Å². The third-order valence-electron chi connectivity index (χ3n) is 4.26. The maximum Gasteiger partial charge on any atom is 0.269 e. The van der Waals surface area contributed by atoms with E-state index >= 15 is 0 Å². The van der Waals surface area contributed by atoms with E-state index in [0.29, 0.717) is 5.75 Å². The highest BCUT2D eigenvalue weighted by atomic mass is 32.2. The number of nitrogens with zero attached hydrogens (tertiary/aromatic N) is 2. The number of rotatable bonds is 8. The minimum absolute atomic E-state index is 0.123. The van der Waals surface area contributed by atoms with Crippen molar-refractivity contribution in [2.75, 3.05) is 31.6 Å². The predicted octanol–water partition coefficient (Wildman–Crippen LogP) is 2.70. The molecule has 0 saturated carbocycles. The van der Waals surface area contributed by atoms with Crippen molar-refractivity contribution in [3.63, 3.8) is 0 Å². The lowest BCUT2D eigenvalue weighted by Crippen LogP contribution is -2.32. The molecule has 2 aromatic carbocycles. The van der Waals surface area contributed by atoms with E-state index in [-0.39, 0.29) is 17.0 Å². The number of hydrogen-bond donors (Lipinski definition) is 0. The molecule has 2 aromatic rings. The zero-order valence-electron chi connectivity index (χ0n) is 14.7. The molecule has 3 rings (SSSR count). The molecule has 0 fully saturated rings. The van der Waals surface area contributed by atoms with E-state index in [1.165, 1.54) is 11.6 Å². The molecule has 0 atom stereocenters. The normalized spacial score (nSPS) is 15.5. The van der Waals surface area contributed by atoms with Gasteiger partial charge in [-0.15, -0.1) is 0 Å². The lowest BCUT2D eigenvalue weighted by molar-refractivity contribution is 0.0876. The van der Waals surface area contributed by atoms with E-state index in [1.807, 2.05) is 18.2 Å². The summed E-state index contributed by atoms with van der Waals surface area (Å²) in [5.74, 6) is 1.07. The van der Waals surface area contributed by atoms with Crippen LogP contribution < -0.4 is 0 Å². The van der Waals surface area contributed by atoms with Gasteiger partial charge in [0.05, 0.1) is 5.56 Å². The summed E-state index contributed by atoms with van der Waals surface area (Å²) in [6.07, 6.45) is 0. The average molecular weight is 391 g/mol.